The van der Waals surface area contributed by atoms with Crippen molar-refractivity contribution in [2.45, 2.75) is 17.9 Å². The Morgan fingerprint density at radius 1 is 1.40 bits per heavy atom. The van der Waals surface area contributed by atoms with Crippen LogP contribution in [0.2, 0.25) is 0 Å². The van der Waals surface area contributed by atoms with E-state index >= 15 is 0 Å². The van der Waals surface area contributed by atoms with Crippen molar-refractivity contribution in [2.75, 3.05) is 11.5 Å². The number of carbonyl (C=O) groups excluding carboxylic acids is 2. The van der Waals surface area contributed by atoms with Crippen molar-refractivity contribution in [1.29, 1.82) is 0 Å². The van der Waals surface area contributed by atoms with Gasteiger partial charge in [0, 0.05) is 28.8 Å². The van der Waals surface area contributed by atoms with E-state index in [0.717, 1.165) is 0 Å². The van der Waals surface area contributed by atoms with Crippen LogP contribution < -0.4 is 16.8 Å². The molecular formula is C12H15N3O4S. The molecule has 20 heavy (non-hydrogen) atoms. The van der Waals surface area contributed by atoms with Crippen LogP contribution in [-0.2, 0) is 9.59 Å². The lowest BCUT2D eigenvalue weighted by Gasteiger charge is -2.13. The first-order valence-electron chi connectivity index (χ1n) is 5.63. The van der Waals surface area contributed by atoms with Crippen LogP contribution in [0.3, 0.4) is 0 Å². The van der Waals surface area contributed by atoms with Crippen LogP contribution >= 0.6 is 11.8 Å². The second-order valence-electron chi connectivity index (χ2n) is 4.02. The Labute approximate surface area is 119 Å². The van der Waals surface area contributed by atoms with Gasteiger partial charge in [0.25, 0.3) is 0 Å². The predicted molar refractivity (Wildman–Crippen MR) is 75.3 cm³/mol. The number of aliphatic carboxylic acids is 1. The summed E-state index contributed by atoms with van der Waals surface area (Å²) in [5.41, 5.74) is 11.5. The molecule has 0 radical (unpaired) electrons. The summed E-state index contributed by atoms with van der Waals surface area (Å²) in [6, 6.07) is 3.52. The molecule has 1 atom stereocenters. The predicted octanol–water partition coefficient (Wildman–Crippen LogP) is 0.0491. The van der Waals surface area contributed by atoms with Gasteiger partial charge in [-0.3, -0.25) is 9.59 Å². The Morgan fingerprint density at radius 2 is 2.05 bits per heavy atom. The topological polar surface area (TPSA) is 136 Å². The first kappa shape index (κ1) is 15.8. The van der Waals surface area contributed by atoms with Gasteiger partial charge in [-0.05, 0) is 18.2 Å². The molecule has 0 saturated carbocycles. The van der Waals surface area contributed by atoms with Crippen LogP contribution in [-0.4, -0.2) is 34.7 Å². The number of carbonyl (C=O) groups is 3. The molecule has 2 amide bonds. The molecule has 0 saturated heterocycles. The van der Waals surface area contributed by atoms with Gasteiger partial charge < -0.3 is 21.9 Å². The maximum absolute atomic E-state index is 11.0. The van der Waals surface area contributed by atoms with Crippen LogP contribution in [0, 0.1) is 0 Å². The van der Waals surface area contributed by atoms with E-state index < -0.39 is 23.8 Å². The highest BCUT2D eigenvalue weighted by Crippen LogP contribution is 2.26. The maximum atomic E-state index is 11.0. The third kappa shape index (κ3) is 4.47. The van der Waals surface area contributed by atoms with Gasteiger partial charge in [-0.1, -0.05) is 0 Å². The molecule has 1 unspecified atom stereocenters. The summed E-state index contributed by atoms with van der Waals surface area (Å²) >= 11 is 1.17. The lowest BCUT2D eigenvalue weighted by Crippen LogP contribution is -2.41. The Bertz CT molecular complexity index is 548. The molecule has 1 aromatic carbocycles. The molecule has 1 aromatic rings. The third-order valence-corrected chi connectivity index (χ3v) is 3.56. The highest BCUT2D eigenvalue weighted by Gasteiger charge is 2.19. The number of benzene rings is 1. The number of nitrogens with two attached hydrogens (primary N) is 2. The number of carboxylic acids is 1. The van der Waals surface area contributed by atoms with Crippen LogP contribution in [0.15, 0.2) is 23.1 Å². The molecule has 108 valence electrons. The van der Waals surface area contributed by atoms with Crippen molar-refractivity contribution in [3.63, 3.8) is 0 Å². The zero-order valence-electron chi connectivity index (χ0n) is 10.8. The number of rotatable bonds is 6. The van der Waals surface area contributed by atoms with Gasteiger partial charge in [-0.25, -0.2) is 4.79 Å². The molecule has 0 heterocycles. The molecule has 1 rings (SSSR count). The summed E-state index contributed by atoms with van der Waals surface area (Å²) in [5.74, 6) is -2.01. The van der Waals surface area contributed by atoms with Gasteiger partial charge in [-0.2, -0.15) is 0 Å². The third-order valence-electron chi connectivity index (χ3n) is 2.38. The Morgan fingerprint density at radius 3 is 2.50 bits per heavy atom. The molecule has 6 N–H and O–H groups in total. The standard InChI is InChI=1S/C12H15N3O4S/c1-6(16)15-9(12(18)19)5-20-10-3-2-7(11(14)17)4-8(10)13/h2-4,9H,5,13H2,1H3,(H2,14,17)(H,15,16)(H,18,19). The number of nitrogens with one attached hydrogen (secondary N) is 1. The van der Waals surface area contributed by atoms with Gasteiger partial charge in [0.2, 0.25) is 11.8 Å². The van der Waals surface area contributed by atoms with Crippen molar-refractivity contribution in [2.24, 2.45) is 5.73 Å². The van der Waals surface area contributed by atoms with Crippen LogP contribution in [0.5, 0.6) is 0 Å². The minimum atomic E-state index is -1.12. The zero-order chi connectivity index (χ0) is 15.3. The largest absolute Gasteiger partial charge is 0.480 e. The van der Waals surface area contributed by atoms with Crippen LogP contribution in [0.25, 0.3) is 0 Å². The first-order chi connectivity index (χ1) is 9.31. The van der Waals surface area contributed by atoms with Crippen LogP contribution in [0.4, 0.5) is 5.69 Å². The molecule has 0 fully saturated rings. The Kier molecular flexibility index (Phi) is 5.39. The lowest BCUT2D eigenvalue weighted by atomic mass is 10.2. The van der Waals surface area contributed by atoms with Gasteiger partial charge >= 0.3 is 5.97 Å². The molecule has 7 nitrogen and oxygen atoms in total. The number of anilines is 1. The van der Waals surface area contributed by atoms with Gasteiger partial charge in [0.15, 0.2) is 0 Å². The Hall–Kier alpha value is -2.22. The quantitative estimate of drug-likeness (QED) is 0.432. The van der Waals surface area contributed by atoms with E-state index in [4.69, 9.17) is 16.6 Å². The fourth-order valence-corrected chi connectivity index (χ4v) is 2.39. The molecule has 0 aliphatic carbocycles. The molecular weight excluding hydrogens is 282 g/mol. The number of carboxylic acid groups (broad SMARTS) is 1. The molecule has 0 aromatic heterocycles. The van der Waals surface area contributed by atoms with E-state index in [1.807, 2.05) is 0 Å². The number of nitrogen functional groups attached to an aromatic ring is 1. The van der Waals surface area contributed by atoms with Crippen molar-refractivity contribution >= 4 is 35.2 Å². The van der Waals surface area contributed by atoms with Gasteiger partial charge in [-0.15, -0.1) is 11.8 Å². The smallest absolute Gasteiger partial charge is 0.327 e. The number of hydrogen-bond acceptors (Lipinski definition) is 5. The SMILES string of the molecule is CC(=O)NC(CSc1ccc(C(N)=O)cc1N)C(=O)O. The van der Waals surface area contributed by atoms with E-state index in [0.29, 0.717) is 10.6 Å². The summed E-state index contributed by atoms with van der Waals surface area (Å²) in [7, 11) is 0. The molecule has 0 aliphatic heterocycles. The number of hydrogen-bond donors (Lipinski definition) is 4. The minimum Gasteiger partial charge on any atom is -0.480 e. The van der Waals surface area contributed by atoms with Crippen molar-refractivity contribution in [3.8, 4) is 0 Å². The van der Waals surface area contributed by atoms with E-state index in [1.165, 1.54) is 30.8 Å². The maximum Gasteiger partial charge on any atom is 0.327 e. The van der Waals surface area contributed by atoms with Gasteiger partial charge in [0.1, 0.15) is 6.04 Å². The summed E-state index contributed by atoms with van der Waals surface area (Å²) < 4.78 is 0. The highest BCUT2D eigenvalue weighted by atomic mass is 32.2. The second-order valence-corrected chi connectivity index (χ2v) is 5.08. The average molecular weight is 297 g/mol. The van der Waals surface area contributed by atoms with Crippen molar-refractivity contribution in [3.05, 3.63) is 23.8 Å². The normalized spacial score (nSPS) is 11.7. The zero-order valence-corrected chi connectivity index (χ0v) is 11.6. The van der Waals surface area contributed by atoms with Crippen molar-refractivity contribution in [1.82, 2.24) is 5.32 Å². The molecule has 0 spiro atoms. The second kappa shape index (κ2) is 6.80. The highest BCUT2D eigenvalue weighted by molar-refractivity contribution is 7.99. The average Bonchev–Trinajstić information content (AvgIpc) is 2.34. The van der Waals surface area contributed by atoms with E-state index in [-0.39, 0.29) is 11.3 Å². The monoisotopic (exact) mass is 297 g/mol. The lowest BCUT2D eigenvalue weighted by molar-refractivity contribution is -0.140. The van der Waals surface area contributed by atoms with E-state index in [2.05, 4.69) is 5.32 Å². The first-order valence-corrected chi connectivity index (χ1v) is 6.62. The summed E-state index contributed by atoms with van der Waals surface area (Å²) in [5, 5.41) is 11.3. The summed E-state index contributed by atoms with van der Waals surface area (Å²) in [6.07, 6.45) is 0. The summed E-state index contributed by atoms with van der Waals surface area (Å²) in [6.45, 7) is 1.25. The molecule has 0 bridgehead atoms. The van der Waals surface area contributed by atoms with E-state index in [9.17, 15) is 14.4 Å². The fourth-order valence-electron chi connectivity index (χ4n) is 1.43. The van der Waals surface area contributed by atoms with E-state index in [1.54, 1.807) is 6.07 Å². The van der Waals surface area contributed by atoms with Crippen molar-refractivity contribution < 1.29 is 19.5 Å². The summed E-state index contributed by atoms with van der Waals surface area (Å²) in [4.78, 5) is 33.5. The number of primary amides is 1. The van der Waals surface area contributed by atoms with Gasteiger partial charge in [0.05, 0.1) is 0 Å². The molecule has 8 heteroatoms. The fraction of sp³-hybridized carbons (Fsp3) is 0.250. The minimum absolute atomic E-state index is 0.120. The molecule has 0 aliphatic rings. The Balaban J connectivity index is 2.75. The van der Waals surface area contributed by atoms with Crippen LogP contribution in [0.1, 0.15) is 17.3 Å². The number of amides is 2. The number of thioether (sulfide) groups is 1.